The van der Waals surface area contributed by atoms with E-state index in [0.29, 0.717) is 0 Å². The summed E-state index contributed by atoms with van der Waals surface area (Å²) in [5.74, 6) is 0. The molecule has 0 unspecified atom stereocenters. The summed E-state index contributed by atoms with van der Waals surface area (Å²) in [6, 6.07) is 78.5. The molecule has 0 amide bonds. The van der Waals surface area contributed by atoms with Crippen LogP contribution in [-0.4, -0.2) is 0 Å². The molecule has 0 aliphatic heterocycles. The van der Waals surface area contributed by atoms with Gasteiger partial charge in [0.05, 0.1) is 11.1 Å². The van der Waals surface area contributed by atoms with Crippen molar-refractivity contribution >= 4 is 66.4 Å². The summed E-state index contributed by atoms with van der Waals surface area (Å²) in [4.78, 5) is 4.99. The first-order chi connectivity index (χ1) is 33.7. The zero-order valence-electron chi connectivity index (χ0n) is 40.0. The number of aryl methyl sites for hydroxylation is 6. The van der Waals surface area contributed by atoms with E-state index in [4.69, 9.17) is 0 Å². The smallest absolute Gasteiger partial charge is 0.0732 e. The maximum Gasteiger partial charge on any atom is 0.0732 e. The molecule has 0 N–H and O–H groups in total. The third-order valence-corrected chi connectivity index (χ3v) is 15.3. The maximum atomic E-state index is 2.59. The van der Waals surface area contributed by atoms with E-state index < -0.39 is 5.41 Å². The van der Waals surface area contributed by atoms with E-state index in [1.165, 1.54) is 127 Å². The van der Waals surface area contributed by atoms with E-state index in [2.05, 4.69) is 258 Å². The Morgan fingerprint density at radius 3 is 1.35 bits per heavy atom. The van der Waals surface area contributed by atoms with Gasteiger partial charge in [0.25, 0.3) is 0 Å². The molecule has 13 rings (SSSR count). The molecule has 11 aromatic carbocycles. The molecule has 2 nitrogen and oxygen atoms in total. The van der Waals surface area contributed by atoms with Gasteiger partial charge in [-0.05, 0) is 190 Å². The molecule has 2 heteroatoms. The molecule has 11 aromatic rings. The van der Waals surface area contributed by atoms with Crippen LogP contribution in [0.2, 0.25) is 0 Å². The highest BCUT2D eigenvalue weighted by atomic mass is 15.2. The molecule has 0 saturated heterocycles. The van der Waals surface area contributed by atoms with Gasteiger partial charge in [0.1, 0.15) is 0 Å². The minimum Gasteiger partial charge on any atom is -0.310 e. The Morgan fingerprint density at radius 1 is 0.290 bits per heavy atom. The van der Waals surface area contributed by atoms with Crippen LogP contribution in [0.15, 0.2) is 206 Å². The number of nitrogens with zero attached hydrogens (tertiary/aromatic N) is 2. The lowest BCUT2D eigenvalue weighted by molar-refractivity contribution is 0.802. The van der Waals surface area contributed by atoms with Crippen molar-refractivity contribution in [3.05, 3.63) is 262 Å². The summed E-state index contributed by atoms with van der Waals surface area (Å²) in [5.41, 5.74) is 24.3. The first-order valence-electron chi connectivity index (χ1n) is 24.3. The van der Waals surface area contributed by atoms with Gasteiger partial charge in [-0.1, -0.05) is 163 Å². The number of hydrogen-bond acceptors (Lipinski definition) is 2. The average molecular weight is 885 g/mol. The molecule has 330 valence electrons. The third kappa shape index (κ3) is 5.98. The second-order valence-corrected chi connectivity index (χ2v) is 19.7. The maximum absolute atomic E-state index is 2.59. The lowest BCUT2D eigenvalue weighted by atomic mass is 9.69. The van der Waals surface area contributed by atoms with Crippen LogP contribution in [0.25, 0.3) is 54.6 Å². The van der Waals surface area contributed by atoms with Gasteiger partial charge in [0, 0.05) is 33.8 Å². The van der Waals surface area contributed by atoms with E-state index in [9.17, 15) is 0 Å². The lowest BCUT2D eigenvalue weighted by Crippen LogP contribution is -2.26. The SMILES string of the molecule is Cc1ccc(N(c2ccc3c4c(c5ccccc5c3c2)-c2c(cc(N(c3ccc(C)cc3)c3cc(C)ccc3C)c3ccccc23)C42c3ccccc3-c3ccccc32)c2cc(C)ccc2C)cc1. The minimum absolute atomic E-state index is 0.634. The Kier molecular flexibility index (Phi) is 9.17. The van der Waals surface area contributed by atoms with Gasteiger partial charge in [-0.25, -0.2) is 0 Å². The van der Waals surface area contributed by atoms with E-state index >= 15 is 0 Å². The molecular weight excluding hydrogens is 833 g/mol. The Bertz CT molecular complexity index is 3870. The minimum atomic E-state index is -0.634. The number of hydrogen-bond donors (Lipinski definition) is 0. The molecule has 0 fully saturated rings. The molecule has 69 heavy (non-hydrogen) atoms. The van der Waals surface area contributed by atoms with Crippen LogP contribution in [0.3, 0.4) is 0 Å². The van der Waals surface area contributed by atoms with Gasteiger partial charge in [-0.2, -0.15) is 0 Å². The van der Waals surface area contributed by atoms with Gasteiger partial charge >= 0.3 is 0 Å². The van der Waals surface area contributed by atoms with Crippen molar-refractivity contribution in [1.82, 2.24) is 0 Å². The topological polar surface area (TPSA) is 6.48 Å². The van der Waals surface area contributed by atoms with Crippen LogP contribution in [0, 0.1) is 41.5 Å². The molecule has 0 saturated carbocycles. The predicted octanol–water partition coefficient (Wildman–Crippen LogP) is 18.3. The number of rotatable bonds is 6. The van der Waals surface area contributed by atoms with Crippen molar-refractivity contribution in [2.75, 3.05) is 9.80 Å². The normalized spacial score (nSPS) is 12.9. The van der Waals surface area contributed by atoms with E-state index in [1.54, 1.807) is 0 Å². The fourth-order valence-electron chi connectivity index (χ4n) is 12.1. The lowest BCUT2D eigenvalue weighted by Gasteiger charge is -2.34. The fraction of sp³-hybridized carbons (Fsp3) is 0.104. The average Bonchev–Trinajstić information content (AvgIpc) is 3.85. The molecule has 0 radical (unpaired) electrons. The van der Waals surface area contributed by atoms with Crippen molar-refractivity contribution in [3.63, 3.8) is 0 Å². The van der Waals surface area contributed by atoms with Crippen LogP contribution < -0.4 is 9.80 Å². The van der Waals surface area contributed by atoms with E-state index in [-0.39, 0.29) is 0 Å². The zero-order chi connectivity index (χ0) is 46.7. The highest BCUT2D eigenvalue weighted by Crippen LogP contribution is 2.67. The van der Waals surface area contributed by atoms with Crippen LogP contribution in [-0.2, 0) is 5.41 Å². The largest absolute Gasteiger partial charge is 0.310 e. The van der Waals surface area contributed by atoms with Crippen molar-refractivity contribution in [2.45, 2.75) is 47.0 Å². The Balaban J connectivity index is 1.19. The molecule has 0 aromatic heterocycles. The summed E-state index contributed by atoms with van der Waals surface area (Å²) in [5, 5.41) is 7.53. The predicted molar refractivity (Wildman–Crippen MR) is 293 cm³/mol. The number of benzene rings is 11. The third-order valence-electron chi connectivity index (χ3n) is 15.3. The number of fused-ring (bicyclic) bond motifs is 17. The van der Waals surface area contributed by atoms with Crippen molar-refractivity contribution < 1.29 is 0 Å². The van der Waals surface area contributed by atoms with Crippen molar-refractivity contribution in [3.8, 4) is 22.3 Å². The van der Waals surface area contributed by atoms with Crippen LogP contribution >= 0.6 is 0 Å². The second kappa shape index (κ2) is 15.4. The van der Waals surface area contributed by atoms with Gasteiger partial charge in [-0.15, -0.1) is 0 Å². The first kappa shape index (κ1) is 41.0. The molecule has 0 atom stereocenters. The van der Waals surface area contributed by atoms with Crippen molar-refractivity contribution in [2.24, 2.45) is 0 Å². The van der Waals surface area contributed by atoms with Crippen LogP contribution in [0.5, 0.6) is 0 Å². The van der Waals surface area contributed by atoms with Crippen molar-refractivity contribution in [1.29, 1.82) is 0 Å². The fourth-order valence-corrected chi connectivity index (χ4v) is 12.1. The summed E-state index contributed by atoms with van der Waals surface area (Å²) in [7, 11) is 0. The van der Waals surface area contributed by atoms with E-state index in [1.807, 2.05) is 0 Å². The summed E-state index contributed by atoms with van der Waals surface area (Å²) in [6.45, 7) is 13.2. The molecule has 0 bridgehead atoms. The second-order valence-electron chi connectivity index (χ2n) is 19.7. The van der Waals surface area contributed by atoms with Gasteiger partial charge < -0.3 is 9.80 Å². The van der Waals surface area contributed by atoms with Gasteiger partial charge in [0.15, 0.2) is 0 Å². The van der Waals surface area contributed by atoms with Gasteiger partial charge in [0.2, 0.25) is 0 Å². The summed E-state index contributed by atoms with van der Waals surface area (Å²) in [6.07, 6.45) is 0. The quantitative estimate of drug-likeness (QED) is 0.154. The molecule has 1 spiro atoms. The number of anilines is 6. The molecule has 2 aliphatic carbocycles. The van der Waals surface area contributed by atoms with E-state index in [0.717, 1.165) is 17.1 Å². The summed E-state index contributed by atoms with van der Waals surface area (Å²) < 4.78 is 0. The van der Waals surface area contributed by atoms with Gasteiger partial charge in [-0.3, -0.25) is 0 Å². The Morgan fingerprint density at radius 2 is 0.754 bits per heavy atom. The monoisotopic (exact) mass is 884 g/mol. The zero-order valence-corrected chi connectivity index (χ0v) is 40.0. The highest BCUT2D eigenvalue weighted by molar-refractivity contribution is 6.24. The summed E-state index contributed by atoms with van der Waals surface area (Å²) >= 11 is 0. The molecule has 0 heterocycles. The Labute approximate surface area is 405 Å². The molecule has 2 aliphatic rings. The molecular formula is C67H52N2. The first-order valence-corrected chi connectivity index (χ1v) is 24.3. The standard InChI is InChI=1S/C67H52N2/c1-41-25-31-47(32-26-41)68(61-37-43(3)23-29-45(61)5)49-35-36-56-57(39-49)50-15-7-9-19-54(50)65-64-55-20-10-8-18-53(55)63(69(48-33-27-42(2)28-34-48)62-38-44(4)24-30-46(62)6)40-60(64)67(66(56)65)58-21-13-11-16-51(58)52-17-12-14-22-59(52)67/h7-40H,1-6H3. The van der Waals surface area contributed by atoms with Crippen LogP contribution in [0.4, 0.5) is 34.1 Å². The Hall–Kier alpha value is -8.20. The van der Waals surface area contributed by atoms with Crippen LogP contribution in [0.1, 0.15) is 55.6 Å². The highest BCUT2D eigenvalue weighted by Gasteiger charge is 2.54.